The van der Waals surface area contributed by atoms with Gasteiger partial charge in [0.1, 0.15) is 0 Å². The summed E-state index contributed by atoms with van der Waals surface area (Å²) in [4.78, 5) is 2.67. The van der Waals surface area contributed by atoms with Crippen molar-refractivity contribution in [1.29, 1.82) is 0 Å². The fourth-order valence-corrected chi connectivity index (χ4v) is 3.94. The van der Waals surface area contributed by atoms with E-state index in [0.29, 0.717) is 0 Å². The molecule has 0 amide bonds. The Hall–Kier alpha value is -1.25. The third kappa shape index (κ3) is 2.31. The first-order valence-corrected chi connectivity index (χ1v) is 7.64. The van der Waals surface area contributed by atoms with Gasteiger partial charge in [-0.3, -0.25) is 0 Å². The molecule has 90 valence electrons. The standard InChI is InChI=1S/C16H14S2/c1-11-3-6-13(7-4-11)18-16-10-17-15-8-5-12(2)9-14(15)16/h3-10H,1-2H3. The van der Waals surface area contributed by atoms with Gasteiger partial charge in [0.25, 0.3) is 0 Å². The lowest BCUT2D eigenvalue weighted by molar-refractivity contribution is 1.37. The van der Waals surface area contributed by atoms with E-state index in [2.05, 4.69) is 61.7 Å². The summed E-state index contributed by atoms with van der Waals surface area (Å²) in [5.41, 5.74) is 2.64. The van der Waals surface area contributed by atoms with Crippen LogP contribution < -0.4 is 0 Å². The predicted octanol–water partition coefficient (Wildman–Crippen LogP) is 5.67. The van der Waals surface area contributed by atoms with E-state index in [1.54, 1.807) is 0 Å². The minimum atomic E-state index is 1.31. The lowest BCUT2D eigenvalue weighted by Gasteiger charge is -2.01. The van der Waals surface area contributed by atoms with E-state index in [9.17, 15) is 0 Å². The van der Waals surface area contributed by atoms with Crippen LogP contribution in [0.15, 0.2) is 57.6 Å². The molecule has 0 aliphatic heterocycles. The summed E-state index contributed by atoms with van der Waals surface area (Å²) >= 11 is 3.68. The number of aryl methyl sites for hydroxylation is 2. The van der Waals surface area contributed by atoms with Gasteiger partial charge in [-0.05, 0) is 38.1 Å². The maximum atomic E-state index is 2.28. The van der Waals surface area contributed by atoms with Crippen molar-refractivity contribution in [3.8, 4) is 0 Å². The molecule has 0 nitrogen and oxygen atoms in total. The third-order valence-electron chi connectivity index (χ3n) is 2.94. The van der Waals surface area contributed by atoms with Crippen molar-refractivity contribution in [2.24, 2.45) is 0 Å². The predicted molar refractivity (Wildman–Crippen MR) is 81.9 cm³/mol. The molecule has 0 N–H and O–H groups in total. The molecule has 0 fully saturated rings. The zero-order chi connectivity index (χ0) is 12.5. The van der Waals surface area contributed by atoms with Crippen molar-refractivity contribution in [2.75, 3.05) is 0 Å². The lowest BCUT2D eigenvalue weighted by atomic mass is 10.2. The summed E-state index contributed by atoms with van der Waals surface area (Å²) in [6.07, 6.45) is 0. The highest BCUT2D eigenvalue weighted by atomic mass is 32.2. The molecule has 3 aromatic rings. The molecule has 18 heavy (non-hydrogen) atoms. The number of fused-ring (bicyclic) bond motifs is 1. The van der Waals surface area contributed by atoms with Crippen LogP contribution in [0.5, 0.6) is 0 Å². The highest BCUT2D eigenvalue weighted by Gasteiger charge is 2.05. The molecular formula is C16H14S2. The molecule has 2 heteroatoms. The molecular weight excluding hydrogens is 256 g/mol. The van der Waals surface area contributed by atoms with Gasteiger partial charge >= 0.3 is 0 Å². The maximum Gasteiger partial charge on any atom is 0.0354 e. The molecule has 0 saturated heterocycles. The maximum absolute atomic E-state index is 2.28. The minimum absolute atomic E-state index is 1.31. The summed E-state index contributed by atoms with van der Waals surface area (Å²) < 4.78 is 1.37. The Kier molecular flexibility index (Phi) is 3.14. The van der Waals surface area contributed by atoms with Crippen molar-refractivity contribution in [3.63, 3.8) is 0 Å². The zero-order valence-corrected chi connectivity index (χ0v) is 12.1. The number of thiophene rings is 1. The smallest absolute Gasteiger partial charge is 0.0354 e. The number of benzene rings is 2. The average molecular weight is 270 g/mol. The second-order valence-electron chi connectivity index (χ2n) is 4.51. The van der Waals surface area contributed by atoms with E-state index in [4.69, 9.17) is 0 Å². The molecule has 0 atom stereocenters. The molecule has 3 rings (SSSR count). The van der Waals surface area contributed by atoms with E-state index in [1.165, 1.54) is 31.0 Å². The van der Waals surface area contributed by atoms with Gasteiger partial charge in [-0.15, -0.1) is 11.3 Å². The first-order valence-electron chi connectivity index (χ1n) is 5.95. The molecule has 0 aliphatic rings. The van der Waals surface area contributed by atoms with E-state index in [0.717, 1.165) is 0 Å². The molecule has 0 bridgehead atoms. The van der Waals surface area contributed by atoms with Crippen molar-refractivity contribution in [1.82, 2.24) is 0 Å². The van der Waals surface area contributed by atoms with Crippen LogP contribution in [0.3, 0.4) is 0 Å². The Bertz CT molecular complexity index is 678. The van der Waals surface area contributed by atoms with Gasteiger partial charge in [-0.25, -0.2) is 0 Å². The Labute approximate surface area is 116 Å². The third-order valence-corrected chi connectivity index (χ3v) is 5.12. The zero-order valence-electron chi connectivity index (χ0n) is 10.4. The molecule has 2 aromatic carbocycles. The summed E-state index contributed by atoms with van der Waals surface area (Å²) in [5.74, 6) is 0. The largest absolute Gasteiger partial charge is 0.143 e. The molecule has 0 radical (unpaired) electrons. The molecule has 1 heterocycles. The van der Waals surface area contributed by atoms with Crippen molar-refractivity contribution in [3.05, 3.63) is 59.0 Å². The summed E-state index contributed by atoms with van der Waals surface area (Å²) in [6.45, 7) is 4.27. The van der Waals surface area contributed by atoms with Gasteiger partial charge in [-0.2, -0.15) is 0 Å². The van der Waals surface area contributed by atoms with Crippen LogP contribution in [0.4, 0.5) is 0 Å². The molecule has 0 aliphatic carbocycles. The van der Waals surface area contributed by atoms with Crippen molar-refractivity contribution < 1.29 is 0 Å². The van der Waals surface area contributed by atoms with E-state index in [-0.39, 0.29) is 0 Å². The second kappa shape index (κ2) is 4.79. The highest BCUT2D eigenvalue weighted by Crippen LogP contribution is 2.37. The van der Waals surface area contributed by atoms with Gasteiger partial charge in [0.15, 0.2) is 0 Å². The van der Waals surface area contributed by atoms with Crippen molar-refractivity contribution in [2.45, 2.75) is 23.6 Å². The normalized spacial score (nSPS) is 11.0. The number of hydrogen-bond donors (Lipinski definition) is 0. The molecule has 0 spiro atoms. The van der Waals surface area contributed by atoms with Crippen LogP contribution in [0.1, 0.15) is 11.1 Å². The van der Waals surface area contributed by atoms with Crippen LogP contribution >= 0.6 is 23.1 Å². The Morgan fingerprint density at radius 1 is 0.889 bits per heavy atom. The SMILES string of the molecule is Cc1ccc(Sc2csc3ccc(C)cc23)cc1. The Morgan fingerprint density at radius 2 is 1.61 bits per heavy atom. The van der Waals surface area contributed by atoms with Crippen LogP contribution in [0.2, 0.25) is 0 Å². The average Bonchev–Trinajstić information content (AvgIpc) is 2.75. The fraction of sp³-hybridized carbons (Fsp3) is 0.125. The quantitative estimate of drug-likeness (QED) is 0.578. The molecule has 0 unspecified atom stereocenters. The van der Waals surface area contributed by atoms with Gasteiger partial charge < -0.3 is 0 Å². The monoisotopic (exact) mass is 270 g/mol. The van der Waals surface area contributed by atoms with Crippen LogP contribution in [0.25, 0.3) is 10.1 Å². The topological polar surface area (TPSA) is 0 Å². The first-order chi connectivity index (χ1) is 8.72. The van der Waals surface area contributed by atoms with Gasteiger partial charge in [0.2, 0.25) is 0 Å². The highest BCUT2D eigenvalue weighted by molar-refractivity contribution is 7.99. The van der Waals surface area contributed by atoms with Crippen molar-refractivity contribution >= 4 is 33.2 Å². The van der Waals surface area contributed by atoms with Gasteiger partial charge in [0, 0.05) is 25.3 Å². The van der Waals surface area contributed by atoms with E-state index >= 15 is 0 Å². The van der Waals surface area contributed by atoms with Gasteiger partial charge in [-0.1, -0.05) is 41.1 Å². The summed E-state index contributed by atoms with van der Waals surface area (Å²) in [5, 5.41) is 3.64. The summed E-state index contributed by atoms with van der Waals surface area (Å²) in [6, 6.07) is 15.4. The van der Waals surface area contributed by atoms with E-state index in [1.807, 2.05) is 23.1 Å². The lowest BCUT2D eigenvalue weighted by Crippen LogP contribution is -1.75. The van der Waals surface area contributed by atoms with Crippen LogP contribution in [0, 0.1) is 13.8 Å². The fourth-order valence-electron chi connectivity index (χ4n) is 1.93. The Balaban J connectivity index is 1.99. The summed E-state index contributed by atoms with van der Waals surface area (Å²) in [7, 11) is 0. The van der Waals surface area contributed by atoms with Gasteiger partial charge in [0.05, 0.1) is 0 Å². The first kappa shape index (κ1) is 11.8. The number of hydrogen-bond acceptors (Lipinski definition) is 2. The Morgan fingerprint density at radius 3 is 2.39 bits per heavy atom. The number of rotatable bonds is 2. The second-order valence-corrected chi connectivity index (χ2v) is 6.54. The van der Waals surface area contributed by atoms with E-state index < -0.39 is 0 Å². The molecule has 0 saturated carbocycles. The molecule has 1 aromatic heterocycles. The minimum Gasteiger partial charge on any atom is -0.143 e. The van der Waals surface area contributed by atoms with Crippen LogP contribution in [-0.4, -0.2) is 0 Å². The van der Waals surface area contributed by atoms with Crippen LogP contribution in [-0.2, 0) is 0 Å².